The van der Waals surface area contributed by atoms with Crippen molar-refractivity contribution in [2.24, 2.45) is 0 Å². The lowest BCUT2D eigenvalue weighted by atomic mass is 10.1. The number of hydrogen-bond donors (Lipinski definition) is 1. The fourth-order valence-electron chi connectivity index (χ4n) is 3.17. The number of rotatable bonds is 8. The van der Waals surface area contributed by atoms with Gasteiger partial charge in [0.15, 0.2) is 10.9 Å². The first kappa shape index (κ1) is 22.5. The van der Waals surface area contributed by atoms with E-state index >= 15 is 0 Å². The zero-order valence-electron chi connectivity index (χ0n) is 17.2. The molecule has 0 bridgehead atoms. The molecule has 1 amide bonds. The van der Waals surface area contributed by atoms with E-state index < -0.39 is 0 Å². The van der Waals surface area contributed by atoms with E-state index in [1.165, 1.54) is 11.8 Å². The molecule has 0 fully saturated rings. The van der Waals surface area contributed by atoms with Crippen LogP contribution in [-0.2, 0) is 11.3 Å². The lowest BCUT2D eigenvalue weighted by Gasteiger charge is -2.15. The molecule has 2 heterocycles. The Hall–Kier alpha value is -2.74. The van der Waals surface area contributed by atoms with Gasteiger partial charge in [-0.15, -0.1) is 10.2 Å². The van der Waals surface area contributed by atoms with Gasteiger partial charge >= 0.3 is 0 Å². The summed E-state index contributed by atoms with van der Waals surface area (Å²) < 4.78 is 7.48. The molecule has 0 spiro atoms. The SMILES string of the molecule is CC(NC(=O)CSc1nnc(-c2ccco2)n1Cc1ccccc1)c1ccc(Cl)c(Cl)c1. The van der Waals surface area contributed by atoms with Gasteiger partial charge in [0.2, 0.25) is 11.7 Å². The van der Waals surface area contributed by atoms with Crippen LogP contribution in [-0.4, -0.2) is 26.4 Å². The number of amides is 1. The smallest absolute Gasteiger partial charge is 0.230 e. The topological polar surface area (TPSA) is 73.0 Å². The summed E-state index contributed by atoms with van der Waals surface area (Å²) in [6.45, 7) is 2.46. The van der Waals surface area contributed by atoms with Gasteiger partial charge < -0.3 is 9.73 Å². The van der Waals surface area contributed by atoms with Crippen molar-refractivity contribution in [1.82, 2.24) is 20.1 Å². The minimum absolute atomic E-state index is 0.123. The molecule has 1 atom stereocenters. The lowest BCUT2D eigenvalue weighted by molar-refractivity contribution is -0.119. The van der Waals surface area contributed by atoms with Crippen molar-refractivity contribution in [3.63, 3.8) is 0 Å². The van der Waals surface area contributed by atoms with Crippen LogP contribution < -0.4 is 5.32 Å². The van der Waals surface area contributed by atoms with E-state index in [1.54, 1.807) is 18.4 Å². The number of carbonyl (C=O) groups excluding carboxylic acids is 1. The third-order valence-corrected chi connectivity index (χ3v) is 6.50. The average molecular weight is 487 g/mol. The van der Waals surface area contributed by atoms with Crippen molar-refractivity contribution in [2.75, 3.05) is 5.75 Å². The third-order valence-electron chi connectivity index (χ3n) is 4.80. The largest absolute Gasteiger partial charge is 0.461 e. The van der Waals surface area contributed by atoms with E-state index in [2.05, 4.69) is 15.5 Å². The molecule has 32 heavy (non-hydrogen) atoms. The highest BCUT2D eigenvalue weighted by Gasteiger charge is 2.18. The highest BCUT2D eigenvalue weighted by atomic mass is 35.5. The molecule has 1 unspecified atom stereocenters. The zero-order chi connectivity index (χ0) is 22.5. The van der Waals surface area contributed by atoms with Crippen molar-refractivity contribution in [2.45, 2.75) is 24.7 Å². The predicted octanol–water partition coefficient (Wildman–Crippen LogP) is 5.86. The number of aromatic nitrogens is 3. The van der Waals surface area contributed by atoms with Crippen LogP contribution in [0.1, 0.15) is 24.1 Å². The van der Waals surface area contributed by atoms with Gasteiger partial charge in [0.1, 0.15) is 0 Å². The van der Waals surface area contributed by atoms with E-state index in [-0.39, 0.29) is 17.7 Å². The van der Waals surface area contributed by atoms with Crippen LogP contribution in [0.4, 0.5) is 0 Å². The van der Waals surface area contributed by atoms with Gasteiger partial charge in [0.25, 0.3) is 0 Å². The second kappa shape index (κ2) is 10.3. The summed E-state index contributed by atoms with van der Waals surface area (Å²) in [7, 11) is 0. The van der Waals surface area contributed by atoms with Crippen LogP contribution >= 0.6 is 35.0 Å². The van der Waals surface area contributed by atoms with Crippen molar-refractivity contribution in [3.8, 4) is 11.6 Å². The number of nitrogens with one attached hydrogen (secondary N) is 1. The molecular weight excluding hydrogens is 467 g/mol. The Labute approximate surface area is 199 Å². The van der Waals surface area contributed by atoms with E-state index in [1.807, 2.05) is 60.0 Å². The molecule has 0 radical (unpaired) electrons. The number of benzene rings is 2. The van der Waals surface area contributed by atoms with E-state index in [0.717, 1.165) is 11.1 Å². The Kier molecular flexibility index (Phi) is 7.19. The molecule has 0 saturated carbocycles. The maximum absolute atomic E-state index is 12.6. The number of furan rings is 1. The first-order valence-electron chi connectivity index (χ1n) is 9.89. The van der Waals surface area contributed by atoms with Gasteiger partial charge in [-0.25, -0.2) is 0 Å². The van der Waals surface area contributed by atoms with Gasteiger partial charge in [-0.05, 0) is 42.3 Å². The molecule has 0 aliphatic rings. The molecule has 0 aliphatic carbocycles. The van der Waals surface area contributed by atoms with Crippen LogP contribution in [0.2, 0.25) is 10.0 Å². The standard InChI is InChI=1S/C23H20Cl2N4O2S/c1-15(17-9-10-18(24)19(25)12-17)26-21(30)14-32-23-28-27-22(20-8-5-11-31-20)29(23)13-16-6-3-2-4-7-16/h2-12,15H,13-14H2,1H3,(H,26,30). The summed E-state index contributed by atoms with van der Waals surface area (Å²) in [6.07, 6.45) is 1.60. The van der Waals surface area contributed by atoms with Crippen molar-refractivity contribution >= 4 is 40.9 Å². The highest BCUT2D eigenvalue weighted by molar-refractivity contribution is 7.99. The number of halogens is 2. The summed E-state index contributed by atoms with van der Waals surface area (Å²) in [5.74, 6) is 1.31. The van der Waals surface area contributed by atoms with Crippen molar-refractivity contribution in [1.29, 1.82) is 0 Å². The molecule has 0 saturated heterocycles. The summed E-state index contributed by atoms with van der Waals surface area (Å²) in [5.41, 5.74) is 1.98. The Morgan fingerprint density at radius 2 is 1.91 bits per heavy atom. The Morgan fingerprint density at radius 3 is 2.62 bits per heavy atom. The average Bonchev–Trinajstić information content (AvgIpc) is 3.45. The molecule has 0 aliphatic heterocycles. The van der Waals surface area contributed by atoms with E-state index in [4.69, 9.17) is 27.6 Å². The van der Waals surface area contributed by atoms with E-state index in [9.17, 15) is 4.79 Å². The minimum atomic E-state index is -0.210. The Bertz CT molecular complexity index is 1200. The summed E-state index contributed by atoms with van der Waals surface area (Å²) >= 11 is 13.4. The molecule has 164 valence electrons. The lowest BCUT2D eigenvalue weighted by Crippen LogP contribution is -2.28. The van der Waals surface area contributed by atoms with Gasteiger partial charge in [-0.2, -0.15) is 0 Å². The molecule has 1 N–H and O–H groups in total. The van der Waals surface area contributed by atoms with Crippen molar-refractivity contribution < 1.29 is 9.21 Å². The molecular formula is C23H20Cl2N4O2S. The summed E-state index contributed by atoms with van der Waals surface area (Å²) in [6, 6.07) is 18.8. The molecule has 4 rings (SSSR count). The first-order valence-corrected chi connectivity index (χ1v) is 11.6. The van der Waals surface area contributed by atoms with Crippen LogP contribution in [0.5, 0.6) is 0 Å². The Balaban J connectivity index is 1.46. The second-order valence-corrected chi connectivity index (χ2v) is 8.86. The maximum atomic E-state index is 12.6. The predicted molar refractivity (Wildman–Crippen MR) is 127 cm³/mol. The first-order chi connectivity index (χ1) is 15.5. The van der Waals surface area contributed by atoms with Gasteiger partial charge in [-0.1, -0.05) is 71.4 Å². The Morgan fingerprint density at radius 1 is 1.09 bits per heavy atom. The van der Waals surface area contributed by atoms with Crippen LogP contribution in [0.25, 0.3) is 11.6 Å². The summed E-state index contributed by atoms with van der Waals surface area (Å²) in [4.78, 5) is 12.6. The highest BCUT2D eigenvalue weighted by Crippen LogP contribution is 2.27. The number of carbonyl (C=O) groups is 1. The molecule has 4 aromatic rings. The quantitative estimate of drug-likeness (QED) is 0.315. The van der Waals surface area contributed by atoms with Crippen molar-refractivity contribution in [3.05, 3.63) is 88.1 Å². The van der Waals surface area contributed by atoms with Crippen LogP contribution in [0.3, 0.4) is 0 Å². The number of nitrogens with zero attached hydrogens (tertiary/aromatic N) is 3. The van der Waals surface area contributed by atoms with Gasteiger partial charge in [-0.3, -0.25) is 9.36 Å². The van der Waals surface area contributed by atoms with Gasteiger partial charge in [0.05, 0.1) is 34.6 Å². The second-order valence-electron chi connectivity index (χ2n) is 7.11. The molecule has 2 aromatic carbocycles. The zero-order valence-corrected chi connectivity index (χ0v) is 19.5. The fourth-order valence-corrected chi connectivity index (χ4v) is 4.23. The maximum Gasteiger partial charge on any atom is 0.230 e. The summed E-state index contributed by atoms with van der Waals surface area (Å²) in [5, 5.41) is 13.2. The number of thioether (sulfide) groups is 1. The molecule has 9 heteroatoms. The van der Waals surface area contributed by atoms with Crippen LogP contribution in [0.15, 0.2) is 76.5 Å². The monoisotopic (exact) mass is 486 g/mol. The number of hydrogen-bond acceptors (Lipinski definition) is 5. The third kappa shape index (κ3) is 5.35. The normalized spacial score (nSPS) is 12.0. The van der Waals surface area contributed by atoms with Gasteiger partial charge in [0, 0.05) is 0 Å². The van der Waals surface area contributed by atoms with Crippen LogP contribution in [0, 0.1) is 0 Å². The minimum Gasteiger partial charge on any atom is -0.461 e. The molecule has 2 aromatic heterocycles. The molecule has 6 nitrogen and oxygen atoms in total. The fraction of sp³-hybridized carbons (Fsp3) is 0.174. The van der Waals surface area contributed by atoms with E-state index in [0.29, 0.717) is 33.3 Å².